The monoisotopic (exact) mass is 246 g/mol. The molecule has 0 amide bonds. The van der Waals surface area contributed by atoms with Crippen molar-refractivity contribution in [3.05, 3.63) is 24.3 Å². The summed E-state index contributed by atoms with van der Waals surface area (Å²) >= 11 is 0. The van der Waals surface area contributed by atoms with Gasteiger partial charge in [0, 0.05) is 24.7 Å². The van der Waals surface area contributed by atoms with E-state index in [1.54, 1.807) is 0 Å². The van der Waals surface area contributed by atoms with E-state index in [9.17, 15) is 0 Å². The number of nitrogens with zero attached hydrogens (tertiary/aromatic N) is 1. The number of nitrogens with one attached hydrogen (secondary N) is 1. The van der Waals surface area contributed by atoms with Crippen molar-refractivity contribution in [1.82, 2.24) is 0 Å². The fourth-order valence-corrected chi connectivity index (χ4v) is 1.54. The van der Waals surface area contributed by atoms with Gasteiger partial charge < -0.3 is 10.1 Å². The first-order valence-electron chi connectivity index (χ1n) is 6.56. The Morgan fingerprint density at radius 1 is 1.39 bits per heavy atom. The first-order chi connectivity index (χ1) is 8.72. The molecule has 1 N–H and O–H groups in total. The zero-order valence-electron chi connectivity index (χ0n) is 11.3. The third-order valence-corrected chi connectivity index (χ3v) is 2.59. The average Bonchev–Trinajstić information content (AvgIpc) is 2.35. The van der Waals surface area contributed by atoms with Crippen molar-refractivity contribution < 1.29 is 4.74 Å². The molecule has 0 heterocycles. The number of anilines is 1. The smallest absolute Gasteiger partial charge is 0.121 e. The maximum Gasteiger partial charge on any atom is 0.121 e. The van der Waals surface area contributed by atoms with Crippen molar-refractivity contribution in [2.45, 2.75) is 33.1 Å². The maximum absolute atomic E-state index is 8.43. The molecule has 0 spiro atoms. The van der Waals surface area contributed by atoms with Gasteiger partial charge in [0.15, 0.2) is 0 Å². The molecule has 0 fully saturated rings. The lowest BCUT2D eigenvalue weighted by Gasteiger charge is -2.10. The van der Waals surface area contributed by atoms with Gasteiger partial charge in [-0.3, -0.25) is 0 Å². The summed E-state index contributed by atoms with van der Waals surface area (Å²) in [5.41, 5.74) is 1.09. The molecule has 3 nitrogen and oxygen atoms in total. The van der Waals surface area contributed by atoms with Crippen molar-refractivity contribution in [2.24, 2.45) is 5.92 Å². The van der Waals surface area contributed by atoms with Crippen LogP contribution in [0.2, 0.25) is 0 Å². The van der Waals surface area contributed by atoms with Crippen LogP contribution >= 0.6 is 0 Å². The van der Waals surface area contributed by atoms with Gasteiger partial charge in [0.1, 0.15) is 5.75 Å². The summed E-state index contributed by atoms with van der Waals surface area (Å²) in [4.78, 5) is 0. The summed E-state index contributed by atoms with van der Waals surface area (Å²) in [6.07, 6.45) is 2.49. The first-order valence-corrected chi connectivity index (χ1v) is 6.56. The van der Waals surface area contributed by atoms with Crippen molar-refractivity contribution >= 4 is 5.69 Å². The van der Waals surface area contributed by atoms with Gasteiger partial charge in [0.05, 0.1) is 12.7 Å². The molecule has 3 heteroatoms. The van der Waals surface area contributed by atoms with Crippen LogP contribution in [0.25, 0.3) is 0 Å². The van der Waals surface area contributed by atoms with Crippen molar-refractivity contribution in [3.8, 4) is 11.8 Å². The number of ether oxygens (including phenoxy) is 1. The lowest BCUT2D eigenvalue weighted by atomic mass is 10.1. The van der Waals surface area contributed by atoms with Crippen LogP contribution in [0.3, 0.4) is 0 Å². The molecule has 0 aliphatic heterocycles. The van der Waals surface area contributed by atoms with E-state index in [-0.39, 0.29) is 0 Å². The lowest BCUT2D eigenvalue weighted by Crippen LogP contribution is -2.05. The number of unbranched alkanes of at least 4 members (excludes halogenated alkanes) is 1. The molecular weight excluding hydrogens is 224 g/mol. The summed E-state index contributed by atoms with van der Waals surface area (Å²) in [5, 5.41) is 11.8. The highest BCUT2D eigenvalue weighted by molar-refractivity contribution is 5.48. The number of nitriles is 1. The zero-order chi connectivity index (χ0) is 13.2. The highest BCUT2D eigenvalue weighted by atomic mass is 16.5. The van der Waals surface area contributed by atoms with Crippen LogP contribution in [-0.2, 0) is 0 Å². The quantitative estimate of drug-likeness (QED) is 0.709. The van der Waals surface area contributed by atoms with E-state index in [0.717, 1.165) is 30.8 Å². The van der Waals surface area contributed by atoms with E-state index in [0.29, 0.717) is 18.9 Å². The summed E-state index contributed by atoms with van der Waals surface area (Å²) in [6.45, 7) is 6.02. The number of hydrogen-bond donors (Lipinski definition) is 1. The molecule has 0 saturated carbocycles. The Morgan fingerprint density at radius 2 is 2.22 bits per heavy atom. The molecule has 0 unspecified atom stereocenters. The Kier molecular flexibility index (Phi) is 6.71. The molecule has 0 radical (unpaired) electrons. The van der Waals surface area contributed by atoms with Crippen molar-refractivity contribution in [2.75, 3.05) is 18.5 Å². The minimum Gasteiger partial charge on any atom is -0.493 e. The molecule has 18 heavy (non-hydrogen) atoms. The van der Waals surface area contributed by atoms with Crippen molar-refractivity contribution in [1.29, 1.82) is 5.26 Å². The Bertz CT molecular complexity index is 382. The number of hydrogen-bond acceptors (Lipinski definition) is 3. The van der Waals surface area contributed by atoms with E-state index in [1.165, 1.54) is 0 Å². The second kappa shape index (κ2) is 8.41. The van der Waals surface area contributed by atoms with Crippen LogP contribution in [0.4, 0.5) is 5.69 Å². The summed E-state index contributed by atoms with van der Waals surface area (Å²) in [7, 11) is 0. The normalized spacial score (nSPS) is 10.1. The third-order valence-electron chi connectivity index (χ3n) is 2.59. The van der Waals surface area contributed by atoms with Crippen LogP contribution < -0.4 is 10.1 Å². The molecule has 0 saturated heterocycles. The first kappa shape index (κ1) is 14.4. The molecule has 1 aromatic rings. The SMILES string of the molecule is CC(C)CCNc1cccc(OCCCC#N)c1. The van der Waals surface area contributed by atoms with Gasteiger partial charge in [-0.15, -0.1) is 0 Å². The van der Waals surface area contributed by atoms with Crippen LogP contribution in [0, 0.1) is 17.2 Å². The molecule has 0 aromatic heterocycles. The predicted molar refractivity (Wildman–Crippen MR) is 74.7 cm³/mol. The van der Waals surface area contributed by atoms with Gasteiger partial charge >= 0.3 is 0 Å². The summed E-state index contributed by atoms with van der Waals surface area (Å²) in [6, 6.07) is 10.1. The third kappa shape index (κ3) is 6.15. The molecule has 1 aromatic carbocycles. The predicted octanol–water partition coefficient (Wildman–Crippen LogP) is 3.83. The highest BCUT2D eigenvalue weighted by Crippen LogP contribution is 2.17. The second-order valence-electron chi connectivity index (χ2n) is 4.75. The second-order valence-corrected chi connectivity index (χ2v) is 4.75. The fourth-order valence-electron chi connectivity index (χ4n) is 1.54. The molecule has 1 rings (SSSR count). The average molecular weight is 246 g/mol. The Morgan fingerprint density at radius 3 is 2.94 bits per heavy atom. The van der Waals surface area contributed by atoms with Gasteiger partial charge in [-0.05, 0) is 30.9 Å². The molecule has 0 bridgehead atoms. The van der Waals surface area contributed by atoms with Crippen LogP contribution in [0.15, 0.2) is 24.3 Å². The van der Waals surface area contributed by atoms with E-state index in [2.05, 4.69) is 25.2 Å². The van der Waals surface area contributed by atoms with E-state index in [1.807, 2.05) is 24.3 Å². The van der Waals surface area contributed by atoms with E-state index in [4.69, 9.17) is 10.00 Å². The minimum absolute atomic E-state index is 0.548. The zero-order valence-corrected chi connectivity index (χ0v) is 11.3. The van der Waals surface area contributed by atoms with Gasteiger partial charge in [0.2, 0.25) is 0 Å². The summed E-state index contributed by atoms with van der Waals surface area (Å²) in [5.74, 6) is 1.57. The van der Waals surface area contributed by atoms with Crippen LogP contribution in [0.5, 0.6) is 5.75 Å². The topological polar surface area (TPSA) is 45.0 Å². The van der Waals surface area contributed by atoms with E-state index < -0.39 is 0 Å². The molecule has 0 atom stereocenters. The fraction of sp³-hybridized carbons (Fsp3) is 0.533. The largest absolute Gasteiger partial charge is 0.493 e. The van der Waals surface area contributed by atoms with Gasteiger partial charge in [-0.1, -0.05) is 19.9 Å². The van der Waals surface area contributed by atoms with E-state index >= 15 is 0 Å². The van der Waals surface area contributed by atoms with Gasteiger partial charge in [-0.25, -0.2) is 0 Å². The van der Waals surface area contributed by atoms with Crippen molar-refractivity contribution in [3.63, 3.8) is 0 Å². The highest BCUT2D eigenvalue weighted by Gasteiger charge is 1.98. The van der Waals surface area contributed by atoms with Crippen LogP contribution in [0.1, 0.15) is 33.1 Å². The lowest BCUT2D eigenvalue weighted by molar-refractivity contribution is 0.313. The Hall–Kier alpha value is -1.69. The maximum atomic E-state index is 8.43. The number of rotatable bonds is 8. The molecule has 0 aliphatic rings. The molecule has 98 valence electrons. The Balaban J connectivity index is 2.34. The number of benzene rings is 1. The van der Waals surface area contributed by atoms with Gasteiger partial charge in [-0.2, -0.15) is 5.26 Å². The molecular formula is C15H22N2O. The minimum atomic E-state index is 0.548. The summed E-state index contributed by atoms with van der Waals surface area (Å²) < 4.78 is 5.59. The molecule has 0 aliphatic carbocycles. The van der Waals surface area contributed by atoms with Crippen LogP contribution in [-0.4, -0.2) is 13.2 Å². The Labute approximate surface area is 110 Å². The standard InChI is InChI=1S/C15H22N2O/c1-13(2)8-10-17-14-6-5-7-15(12-14)18-11-4-3-9-16/h5-7,12-13,17H,3-4,8,10-11H2,1-2H3. The van der Waals surface area contributed by atoms with Gasteiger partial charge in [0.25, 0.3) is 0 Å².